The summed E-state index contributed by atoms with van der Waals surface area (Å²) in [5.41, 5.74) is 5.51. The van der Waals surface area contributed by atoms with Gasteiger partial charge < -0.3 is 25.4 Å². The van der Waals surface area contributed by atoms with Crippen molar-refractivity contribution in [2.24, 2.45) is 5.73 Å². The molecule has 1 saturated carbocycles. The zero-order valence-electron chi connectivity index (χ0n) is 14.8. The molecule has 9 nitrogen and oxygen atoms in total. The van der Waals surface area contributed by atoms with E-state index in [1.165, 1.54) is 17.0 Å². The van der Waals surface area contributed by atoms with Gasteiger partial charge in [-0.3, -0.25) is 19.7 Å². The quantitative estimate of drug-likeness (QED) is 0.538. The molecular weight excluding hydrogens is 378 g/mol. The van der Waals surface area contributed by atoms with Crippen molar-refractivity contribution in [1.29, 1.82) is 0 Å². The van der Waals surface area contributed by atoms with Crippen LogP contribution in [0.15, 0.2) is 18.2 Å². The van der Waals surface area contributed by atoms with Gasteiger partial charge in [0.25, 0.3) is 11.8 Å². The van der Waals surface area contributed by atoms with E-state index in [0.29, 0.717) is 0 Å². The summed E-state index contributed by atoms with van der Waals surface area (Å²) in [6, 6.07) is 2.77. The highest BCUT2D eigenvalue weighted by Crippen LogP contribution is 2.33. The van der Waals surface area contributed by atoms with Crippen LogP contribution in [0.4, 0.5) is 20.2 Å². The summed E-state index contributed by atoms with van der Waals surface area (Å²) in [4.78, 5) is 37.1. The summed E-state index contributed by atoms with van der Waals surface area (Å²) in [5.74, 6) is -2.24. The van der Waals surface area contributed by atoms with Crippen LogP contribution >= 0.6 is 0 Å². The lowest BCUT2D eigenvalue weighted by Crippen LogP contribution is -2.50. The zero-order valence-corrected chi connectivity index (χ0v) is 14.8. The van der Waals surface area contributed by atoms with Crippen molar-refractivity contribution in [3.05, 3.63) is 18.2 Å². The van der Waals surface area contributed by atoms with E-state index in [4.69, 9.17) is 10.5 Å². The second-order valence-electron chi connectivity index (χ2n) is 6.42. The van der Waals surface area contributed by atoms with Crippen molar-refractivity contribution in [1.82, 2.24) is 5.32 Å². The lowest BCUT2D eigenvalue weighted by molar-refractivity contribution is -0.128. The number of morpholine rings is 1. The molecule has 152 valence electrons. The van der Waals surface area contributed by atoms with Crippen molar-refractivity contribution in [2.45, 2.75) is 31.5 Å². The molecule has 0 spiro atoms. The third kappa shape index (κ3) is 4.93. The number of nitrogens with zero attached hydrogens (tertiary/aromatic N) is 1. The van der Waals surface area contributed by atoms with E-state index in [1.807, 2.05) is 0 Å². The average Bonchev–Trinajstić information content (AvgIpc) is 3.44. The molecule has 0 bridgehead atoms. The smallest absolute Gasteiger partial charge is 0.387 e. The van der Waals surface area contributed by atoms with Gasteiger partial charge in [0.15, 0.2) is 11.8 Å². The van der Waals surface area contributed by atoms with Crippen molar-refractivity contribution in [3.63, 3.8) is 0 Å². The van der Waals surface area contributed by atoms with Crippen molar-refractivity contribution >= 4 is 29.1 Å². The second-order valence-corrected chi connectivity index (χ2v) is 6.42. The van der Waals surface area contributed by atoms with E-state index in [1.54, 1.807) is 0 Å². The van der Waals surface area contributed by atoms with E-state index < -0.39 is 30.4 Å². The Bertz CT molecular complexity index is 772. The third-order valence-electron chi connectivity index (χ3n) is 4.25. The minimum Gasteiger partial charge on any atom is -0.433 e. The molecule has 1 aromatic rings. The maximum Gasteiger partial charge on any atom is 0.387 e. The number of hydrogen-bond acceptors (Lipinski definition) is 6. The molecule has 2 aliphatic rings. The Kier molecular flexibility index (Phi) is 6.05. The molecular formula is C17H20F2N4O5. The van der Waals surface area contributed by atoms with Crippen molar-refractivity contribution < 1.29 is 32.6 Å². The Morgan fingerprint density at radius 1 is 1.32 bits per heavy atom. The fraction of sp³-hybridized carbons (Fsp3) is 0.471. The Balaban J connectivity index is 1.80. The molecule has 2 fully saturated rings. The first-order valence-electron chi connectivity index (χ1n) is 8.68. The number of nitrogens with one attached hydrogen (secondary N) is 2. The first kappa shape index (κ1) is 20.0. The molecule has 11 heteroatoms. The number of alkyl halides is 2. The van der Waals surface area contributed by atoms with Crippen molar-refractivity contribution in [2.75, 3.05) is 30.0 Å². The monoisotopic (exact) mass is 398 g/mol. The molecule has 1 aliphatic heterocycles. The van der Waals surface area contributed by atoms with Crippen LogP contribution in [0.2, 0.25) is 0 Å². The lowest BCUT2D eigenvalue weighted by Gasteiger charge is -2.28. The maximum absolute atomic E-state index is 12.8. The summed E-state index contributed by atoms with van der Waals surface area (Å²) in [5, 5.41) is 5.28. The predicted molar refractivity (Wildman–Crippen MR) is 94.0 cm³/mol. The molecule has 1 aromatic carbocycles. The van der Waals surface area contributed by atoms with Gasteiger partial charge in [-0.1, -0.05) is 0 Å². The highest BCUT2D eigenvalue weighted by molar-refractivity contribution is 6.09. The van der Waals surface area contributed by atoms with Gasteiger partial charge in [0.1, 0.15) is 6.61 Å². The molecule has 1 atom stereocenters. The fourth-order valence-corrected chi connectivity index (χ4v) is 2.77. The van der Waals surface area contributed by atoms with E-state index in [9.17, 15) is 23.2 Å². The highest BCUT2D eigenvalue weighted by atomic mass is 19.3. The van der Waals surface area contributed by atoms with Crippen LogP contribution in [-0.4, -0.2) is 56.2 Å². The molecule has 28 heavy (non-hydrogen) atoms. The largest absolute Gasteiger partial charge is 0.433 e. The highest BCUT2D eigenvalue weighted by Gasteiger charge is 2.32. The number of benzene rings is 1. The molecule has 0 unspecified atom stereocenters. The number of nitrogens with two attached hydrogens (primary N) is 1. The Labute approximate surface area is 159 Å². The van der Waals surface area contributed by atoms with Crippen LogP contribution < -0.4 is 26.0 Å². The van der Waals surface area contributed by atoms with Crippen LogP contribution in [0.25, 0.3) is 0 Å². The minimum atomic E-state index is -3.13. The molecule has 0 radical (unpaired) electrons. The summed E-state index contributed by atoms with van der Waals surface area (Å²) >= 11 is 0. The number of hydrogen-bond donors (Lipinski definition) is 3. The molecule has 1 saturated heterocycles. The van der Waals surface area contributed by atoms with Crippen molar-refractivity contribution in [3.8, 4) is 5.75 Å². The van der Waals surface area contributed by atoms with Crippen LogP contribution in [0.1, 0.15) is 12.8 Å². The van der Waals surface area contributed by atoms with E-state index >= 15 is 0 Å². The molecule has 0 aromatic heterocycles. The molecule has 3 amide bonds. The number of anilines is 2. The van der Waals surface area contributed by atoms with Gasteiger partial charge in [0.2, 0.25) is 5.91 Å². The van der Waals surface area contributed by atoms with Crippen LogP contribution in [-0.2, 0) is 19.1 Å². The van der Waals surface area contributed by atoms with Gasteiger partial charge in [-0.25, -0.2) is 0 Å². The van der Waals surface area contributed by atoms with Crippen LogP contribution in [0.3, 0.4) is 0 Å². The second kappa shape index (κ2) is 8.48. The third-order valence-corrected chi connectivity index (χ3v) is 4.25. The van der Waals surface area contributed by atoms with E-state index in [0.717, 1.165) is 18.9 Å². The Morgan fingerprint density at radius 3 is 2.68 bits per heavy atom. The van der Waals surface area contributed by atoms with Gasteiger partial charge >= 0.3 is 6.61 Å². The van der Waals surface area contributed by atoms with Gasteiger partial charge in [-0.2, -0.15) is 8.78 Å². The topological polar surface area (TPSA) is 123 Å². The first-order chi connectivity index (χ1) is 13.3. The average molecular weight is 398 g/mol. The normalized spacial score (nSPS) is 18.1. The summed E-state index contributed by atoms with van der Waals surface area (Å²) in [6.07, 6.45) is 1.68. The number of halogens is 2. The van der Waals surface area contributed by atoms with Gasteiger partial charge in [0.05, 0.1) is 12.3 Å². The van der Waals surface area contributed by atoms with Gasteiger partial charge in [-0.15, -0.1) is 0 Å². The maximum atomic E-state index is 12.8. The zero-order chi connectivity index (χ0) is 20.3. The van der Waals surface area contributed by atoms with Gasteiger partial charge in [0, 0.05) is 24.3 Å². The Hall–Kier alpha value is -2.79. The molecule has 4 N–H and O–H groups in total. The lowest BCUT2D eigenvalue weighted by atomic mass is 10.2. The van der Waals surface area contributed by atoms with E-state index in [-0.39, 0.29) is 42.9 Å². The number of rotatable bonds is 8. The number of amides is 3. The summed E-state index contributed by atoms with van der Waals surface area (Å²) < 4.78 is 35.2. The fourth-order valence-electron chi connectivity index (χ4n) is 2.77. The SMILES string of the molecule is NC(=O)[C@H](NC1CC1)C(=O)Nc1ccc(N2CCOCC2=O)c(OC(F)F)c1. The molecule has 1 aliphatic carbocycles. The van der Waals surface area contributed by atoms with E-state index in [2.05, 4.69) is 15.4 Å². The standard InChI is InChI=1S/C17H20F2N4O5/c18-17(19)28-12-7-10(3-4-11(12)23-5-6-27-8-13(23)24)22-16(26)14(15(20)25)21-9-1-2-9/h3-4,7,9,14,17,21H,1-2,5-6,8H2,(H2,20,25)(H,22,26)/t14-/m0/s1. The van der Waals surface area contributed by atoms with Crippen LogP contribution in [0.5, 0.6) is 5.75 Å². The molecule has 1 heterocycles. The minimum absolute atomic E-state index is 0.0516. The summed E-state index contributed by atoms with van der Waals surface area (Å²) in [7, 11) is 0. The Morgan fingerprint density at radius 2 is 2.07 bits per heavy atom. The number of ether oxygens (including phenoxy) is 2. The molecule has 3 rings (SSSR count). The first-order valence-corrected chi connectivity index (χ1v) is 8.68. The number of carbonyl (C=O) groups excluding carboxylic acids is 3. The van der Waals surface area contributed by atoms with Gasteiger partial charge in [-0.05, 0) is 25.0 Å². The number of primary amides is 1. The number of carbonyl (C=O) groups is 3. The van der Waals surface area contributed by atoms with Crippen LogP contribution in [0, 0.1) is 0 Å². The summed E-state index contributed by atoms with van der Waals surface area (Å²) in [6.45, 7) is -2.86. The predicted octanol–water partition coefficient (Wildman–Crippen LogP) is 0.196.